The zero-order valence-electron chi connectivity index (χ0n) is 18.4. The number of aromatic nitrogens is 2. The smallest absolute Gasteiger partial charge is 0.342 e. The van der Waals surface area contributed by atoms with Gasteiger partial charge < -0.3 is 18.7 Å². The highest BCUT2D eigenvalue weighted by Gasteiger charge is 2.33. The third-order valence-corrected chi connectivity index (χ3v) is 6.34. The molecule has 3 rings (SSSR count). The molecule has 1 aliphatic rings. The monoisotopic (exact) mass is 479 g/mol. The number of H-pyrrole nitrogens is 1. The van der Waals surface area contributed by atoms with Crippen molar-refractivity contribution in [2.75, 3.05) is 13.0 Å². The maximum absolute atomic E-state index is 13.5. The summed E-state index contributed by atoms with van der Waals surface area (Å²) in [5.74, 6) is -0.261. The highest BCUT2D eigenvalue weighted by molar-refractivity contribution is 7.57. The molecule has 0 saturated heterocycles. The number of aryl methyl sites for hydroxylation is 1. The van der Waals surface area contributed by atoms with Crippen molar-refractivity contribution in [3.8, 4) is 5.75 Å². The average Bonchev–Trinajstić information content (AvgIpc) is 3.24. The summed E-state index contributed by atoms with van der Waals surface area (Å²) in [6.45, 7) is 4.92. The van der Waals surface area contributed by atoms with Gasteiger partial charge >= 0.3 is 19.2 Å². The molecule has 12 heteroatoms. The molecule has 0 fully saturated rings. The van der Waals surface area contributed by atoms with Gasteiger partial charge in [-0.3, -0.25) is 23.7 Å². The number of rotatable bonds is 10. The first-order valence-corrected chi connectivity index (χ1v) is 12.1. The average molecular weight is 479 g/mol. The Bertz CT molecular complexity index is 1160. The number of nitrogens with zero attached hydrogens (tertiary/aromatic N) is 1. The number of para-hydroxylation sites is 1. The summed E-state index contributed by atoms with van der Waals surface area (Å²) in [6.07, 6.45) is 2.29. The van der Waals surface area contributed by atoms with Gasteiger partial charge in [0.25, 0.3) is 5.56 Å². The Kier molecular flexibility index (Phi) is 8.04. The highest BCUT2D eigenvalue weighted by Crippen LogP contribution is 2.44. The second-order valence-corrected chi connectivity index (χ2v) is 9.28. The van der Waals surface area contributed by atoms with Crippen molar-refractivity contribution >= 4 is 13.5 Å². The van der Waals surface area contributed by atoms with Crippen LogP contribution in [0.4, 0.5) is 0 Å². The van der Waals surface area contributed by atoms with E-state index >= 15 is 0 Å². The molecule has 2 aromatic rings. The zero-order valence-corrected chi connectivity index (χ0v) is 19.3. The van der Waals surface area contributed by atoms with E-state index in [4.69, 9.17) is 18.7 Å². The van der Waals surface area contributed by atoms with Crippen LogP contribution in [-0.2, 0) is 23.6 Å². The Hall–Kier alpha value is -2.98. The number of carbonyl (C=O) groups excluding carboxylic acids is 1. The molecule has 0 unspecified atom stereocenters. The van der Waals surface area contributed by atoms with E-state index in [9.17, 15) is 18.9 Å². The van der Waals surface area contributed by atoms with E-state index < -0.39 is 49.6 Å². The van der Waals surface area contributed by atoms with Crippen LogP contribution in [-0.4, -0.2) is 40.8 Å². The molecule has 1 aromatic carbocycles. The molecule has 2 N–H and O–H groups in total. The third kappa shape index (κ3) is 6.52. The van der Waals surface area contributed by atoms with E-state index in [1.807, 2.05) is 0 Å². The van der Waals surface area contributed by atoms with Gasteiger partial charge in [0.15, 0.2) is 18.9 Å². The standard InChI is InChI=1S/C21H26N3O8P/c1-4-29-20(26)15(3)23-33(28,32-16-8-6-5-7-9-16)13-30-18-11-10-17(31-18)24-12-14(2)19(25)22-21(24)27/h5-12,15,17-18H,4,13H2,1-3H3,(H,23,28)(H,22,25,27)/t15-,17+,18-,33+/m0/s1. The quantitative estimate of drug-likeness (QED) is 0.298. The van der Waals surface area contributed by atoms with Crippen molar-refractivity contribution in [2.24, 2.45) is 0 Å². The molecule has 33 heavy (non-hydrogen) atoms. The predicted octanol–water partition coefficient (Wildman–Crippen LogP) is 2.04. The fraction of sp³-hybridized carbons (Fsp3) is 0.381. The molecule has 0 saturated carbocycles. The zero-order chi connectivity index (χ0) is 24.0. The molecule has 0 aliphatic carbocycles. The normalized spacial score (nSPS) is 20.2. The Labute approximate surface area is 189 Å². The fourth-order valence-electron chi connectivity index (χ4n) is 2.97. The summed E-state index contributed by atoms with van der Waals surface area (Å²) in [5, 5.41) is 2.68. The summed E-state index contributed by atoms with van der Waals surface area (Å²) in [5.41, 5.74) is -0.774. The molecule has 11 nitrogen and oxygen atoms in total. The Morgan fingerprint density at radius 1 is 1.27 bits per heavy atom. The van der Waals surface area contributed by atoms with Crippen LogP contribution in [0.3, 0.4) is 0 Å². The lowest BCUT2D eigenvalue weighted by atomic mass is 10.3. The summed E-state index contributed by atoms with van der Waals surface area (Å²) in [6, 6.07) is 7.53. The first kappa shape index (κ1) is 24.7. The van der Waals surface area contributed by atoms with Crippen LogP contribution in [0.15, 0.2) is 58.3 Å². The number of hydrogen-bond acceptors (Lipinski definition) is 8. The molecule has 4 atom stereocenters. The largest absolute Gasteiger partial charge is 0.465 e. The van der Waals surface area contributed by atoms with Gasteiger partial charge in [0.2, 0.25) is 0 Å². The molecule has 0 radical (unpaired) electrons. The number of esters is 1. The minimum Gasteiger partial charge on any atom is -0.465 e. The number of ether oxygens (including phenoxy) is 3. The third-order valence-electron chi connectivity index (χ3n) is 4.56. The van der Waals surface area contributed by atoms with Gasteiger partial charge in [0.1, 0.15) is 11.8 Å². The van der Waals surface area contributed by atoms with Crippen molar-refractivity contribution in [2.45, 2.75) is 39.3 Å². The Morgan fingerprint density at radius 3 is 2.70 bits per heavy atom. The van der Waals surface area contributed by atoms with Crippen LogP contribution in [0, 0.1) is 6.92 Å². The van der Waals surface area contributed by atoms with E-state index in [1.54, 1.807) is 56.3 Å². The van der Waals surface area contributed by atoms with Crippen molar-refractivity contribution < 1.29 is 28.1 Å². The maximum Gasteiger partial charge on any atom is 0.342 e. The van der Waals surface area contributed by atoms with Crippen LogP contribution in [0.1, 0.15) is 25.6 Å². The minimum absolute atomic E-state index is 0.177. The van der Waals surface area contributed by atoms with E-state index in [-0.39, 0.29) is 6.61 Å². The van der Waals surface area contributed by atoms with Gasteiger partial charge in [0, 0.05) is 11.8 Å². The van der Waals surface area contributed by atoms with Crippen LogP contribution >= 0.6 is 7.52 Å². The SMILES string of the molecule is CCOC(=O)[C@H](C)N[P@@](=O)(CO[C@@H]1C=C[C@H](n2cc(C)c(=O)[nH]c2=O)O1)Oc1ccccc1. The van der Waals surface area contributed by atoms with E-state index in [0.29, 0.717) is 11.3 Å². The topological polar surface area (TPSA) is 138 Å². The molecule has 0 amide bonds. The van der Waals surface area contributed by atoms with Crippen LogP contribution < -0.4 is 20.9 Å². The minimum atomic E-state index is -3.75. The molecule has 178 valence electrons. The molecule has 0 bridgehead atoms. The molecular formula is C21H26N3O8P. The van der Waals surface area contributed by atoms with Crippen molar-refractivity contribution in [3.05, 3.63) is 75.1 Å². The first-order valence-electron chi connectivity index (χ1n) is 10.3. The van der Waals surface area contributed by atoms with E-state index in [1.165, 1.54) is 17.7 Å². The molecule has 2 heterocycles. The summed E-state index contributed by atoms with van der Waals surface area (Å²) < 4.78 is 36.6. The molecule has 1 aliphatic heterocycles. The lowest BCUT2D eigenvalue weighted by Crippen LogP contribution is -2.36. The summed E-state index contributed by atoms with van der Waals surface area (Å²) in [4.78, 5) is 37.9. The molecule has 0 spiro atoms. The van der Waals surface area contributed by atoms with Gasteiger partial charge in [-0.2, -0.15) is 0 Å². The lowest BCUT2D eigenvalue weighted by molar-refractivity contribution is -0.144. The van der Waals surface area contributed by atoms with Gasteiger partial charge in [-0.25, -0.2) is 9.88 Å². The molecule has 1 aromatic heterocycles. The predicted molar refractivity (Wildman–Crippen MR) is 119 cm³/mol. The molecular weight excluding hydrogens is 453 g/mol. The van der Waals surface area contributed by atoms with Gasteiger partial charge in [-0.05, 0) is 45.1 Å². The van der Waals surface area contributed by atoms with Crippen molar-refractivity contribution in [3.63, 3.8) is 0 Å². The number of carbonyl (C=O) groups is 1. The van der Waals surface area contributed by atoms with Gasteiger partial charge in [-0.15, -0.1) is 0 Å². The van der Waals surface area contributed by atoms with Crippen LogP contribution in [0.5, 0.6) is 5.75 Å². The number of aromatic amines is 1. The van der Waals surface area contributed by atoms with E-state index in [0.717, 1.165) is 0 Å². The van der Waals surface area contributed by atoms with Gasteiger partial charge in [0.05, 0.1) is 6.61 Å². The number of hydrogen-bond donors (Lipinski definition) is 2. The van der Waals surface area contributed by atoms with Crippen LogP contribution in [0.2, 0.25) is 0 Å². The Balaban J connectivity index is 1.69. The number of nitrogens with one attached hydrogen (secondary N) is 2. The highest BCUT2D eigenvalue weighted by atomic mass is 31.2. The van der Waals surface area contributed by atoms with Crippen molar-refractivity contribution in [1.82, 2.24) is 14.6 Å². The van der Waals surface area contributed by atoms with Gasteiger partial charge in [-0.1, -0.05) is 18.2 Å². The lowest BCUT2D eigenvalue weighted by Gasteiger charge is -2.24. The summed E-state index contributed by atoms with van der Waals surface area (Å²) in [7, 11) is -3.75. The van der Waals surface area contributed by atoms with Crippen LogP contribution in [0.25, 0.3) is 0 Å². The second-order valence-electron chi connectivity index (χ2n) is 7.23. The maximum atomic E-state index is 13.5. The first-order chi connectivity index (χ1) is 15.7. The fourth-order valence-corrected chi connectivity index (χ4v) is 4.65. The Morgan fingerprint density at radius 2 is 2.00 bits per heavy atom. The van der Waals surface area contributed by atoms with E-state index in [2.05, 4.69) is 10.1 Å². The summed E-state index contributed by atoms with van der Waals surface area (Å²) >= 11 is 0. The second kappa shape index (κ2) is 10.8. The number of benzene rings is 1. The van der Waals surface area contributed by atoms with Crippen molar-refractivity contribution in [1.29, 1.82) is 0 Å².